The predicted octanol–water partition coefficient (Wildman–Crippen LogP) is 7.65. The molecule has 4 heteroatoms. The van der Waals surface area contributed by atoms with E-state index in [-0.39, 0.29) is 0 Å². The first-order valence-corrected chi connectivity index (χ1v) is 17.0. The highest BCUT2D eigenvalue weighted by Crippen LogP contribution is 2.39. The van der Waals surface area contributed by atoms with Gasteiger partial charge in [-0.1, -0.05) is 116 Å². The molecule has 0 saturated heterocycles. The van der Waals surface area contributed by atoms with E-state index in [1.54, 1.807) is 0 Å². The Kier molecular flexibility index (Phi) is 5.27. The van der Waals surface area contributed by atoms with Crippen LogP contribution in [0.2, 0.25) is 6.55 Å². The molecule has 0 bridgehead atoms. The van der Waals surface area contributed by atoms with Crippen molar-refractivity contribution in [1.29, 1.82) is 0 Å². The van der Waals surface area contributed by atoms with E-state index >= 15 is 0 Å². The number of hydrogen-bond acceptors (Lipinski definition) is 2. The van der Waals surface area contributed by atoms with Crippen molar-refractivity contribution >= 4 is 76.9 Å². The van der Waals surface area contributed by atoms with E-state index in [2.05, 4.69) is 145 Å². The Balaban J connectivity index is 1.43. The van der Waals surface area contributed by atoms with E-state index in [0.29, 0.717) is 0 Å². The number of para-hydroxylation sites is 1. The fourth-order valence-electron chi connectivity index (χ4n) is 6.35. The van der Waals surface area contributed by atoms with Gasteiger partial charge in [-0.05, 0) is 39.8 Å². The van der Waals surface area contributed by atoms with E-state index in [0.717, 1.165) is 5.82 Å². The van der Waals surface area contributed by atoms with Crippen molar-refractivity contribution in [1.82, 2.24) is 9.55 Å². The lowest BCUT2D eigenvalue weighted by Gasteiger charge is -2.29. The maximum atomic E-state index is 4.99. The number of benzene rings is 5. The second kappa shape index (κ2) is 9.02. The molecule has 0 spiro atoms. The Hall–Kier alpha value is -4.51. The van der Waals surface area contributed by atoms with Crippen LogP contribution in [0.3, 0.4) is 0 Å². The van der Waals surface area contributed by atoms with Crippen molar-refractivity contribution in [2.45, 2.75) is 6.55 Å². The van der Waals surface area contributed by atoms with Crippen LogP contribution >= 0.6 is 11.3 Å². The number of thiophene rings is 1. The standard InChI is InChI=1S/C36H26N2SSi/c1-40(25-12-4-2-5-13-25,26-14-6-3-7-15-26)27-20-21-33-31(24-27)28-16-8-10-18-32(28)38(33)36-35-30(22-23-37-36)29-17-9-11-19-34(29)39-35/h2-24H,1H3. The van der Waals surface area contributed by atoms with Crippen LogP contribution in [0, 0.1) is 0 Å². The van der Waals surface area contributed by atoms with Crippen LogP contribution < -0.4 is 15.6 Å². The molecule has 3 heterocycles. The Bertz CT molecular complexity index is 2140. The first kappa shape index (κ1) is 23.4. The van der Waals surface area contributed by atoms with Gasteiger partial charge in [0.1, 0.15) is 8.07 Å². The minimum absolute atomic E-state index is 1.00. The van der Waals surface area contributed by atoms with Gasteiger partial charge in [-0.3, -0.25) is 4.57 Å². The molecule has 0 radical (unpaired) electrons. The van der Waals surface area contributed by atoms with Gasteiger partial charge in [0.15, 0.2) is 5.82 Å². The molecule has 2 nitrogen and oxygen atoms in total. The molecular weight excluding hydrogens is 521 g/mol. The quantitative estimate of drug-likeness (QED) is 0.164. The van der Waals surface area contributed by atoms with Gasteiger partial charge < -0.3 is 0 Å². The van der Waals surface area contributed by atoms with E-state index in [9.17, 15) is 0 Å². The summed E-state index contributed by atoms with van der Waals surface area (Å²) in [6.07, 6.45) is 1.96. The van der Waals surface area contributed by atoms with E-state index in [1.165, 1.54) is 57.5 Å². The number of aromatic nitrogens is 2. The zero-order valence-corrected chi connectivity index (χ0v) is 23.9. The summed E-state index contributed by atoms with van der Waals surface area (Å²) in [6.45, 7) is 2.48. The van der Waals surface area contributed by atoms with Crippen LogP contribution in [0.25, 0.3) is 47.8 Å². The third kappa shape index (κ3) is 3.36. The zero-order chi connectivity index (χ0) is 26.7. The SMILES string of the molecule is C[Si](c1ccccc1)(c1ccccc1)c1ccc2c(c1)c1ccccc1n2-c1nccc2c1sc1ccccc12. The first-order chi connectivity index (χ1) is 19.7. The largest absolute Gasteiger partial charge is 0.293 e. The smallest absolute Gasteiger partial charge is 0.155 e. The number of pyridine rings is 1. The lowest BCUT2D eigenvalue weighted by molar-refractivity contribution is 1.11. The van der Waals surface area contributed by atoms with Gasteiger partial charge in [0.05, 0.1) is 15.7 Å². The van der Waals surface area contributed by atoms with Crippen LogP contribution in [0.4, 0.5) is 0 Å². The second-order valence-corrected chi connectivity index (χ2v) is 15.6. The fraction of sp³-hybridized carbons (Fsp3) is 0.0278. The van der Waals surface area contributed by atoms with Gasteiger partial charge in [-0.2, -0.15) is 0 Å². The maximum Gasteiger partial charge on any atom is 0.155 e. The molecule has 0 aliphatic carbocycles. The molecule has 190 valence electrons. The molecule has 40 heavy (non-hydrogen) atoms. The summed E-state index contributed by atoms with van der Waals surface area (Å²) in [6, 6.07) is 48.9. The highest BCUT2D eigenvalue weighted by atomic mass is 32.1. The lowest BCUT2D eigenvalue weighted by Crippen LogP contribution is -2.64. The van der Waals surface area contributed by atoms with Crippen molar-refractivity contribution < 1.29 is 0 Å². The van der Waals surface area contributed by atoms with Crippen molar-refractivity contribution in [2.75, 3.05) is 0 Å². The van der Waals surface area contributed by atoms with Crippen LogP contribution in [0.1, 0.15) is 0 Å². The fourth-order valence-corrected chi connectivity index (χ4v) is 11.1. The molecule has 8 aromatic rings. The molecule has 8 rings (SSSR count). The average Bonchev–Trinajstić information content (AvgIpc) is 3.57. The van der Waals surface area contributed by atoms with Crippen molar-refractivity contribution in [3.05, 3.63) is 140 Å². The van der Waals surface area contributed by atoms with Gasteiger partial charge in [0, 0.05) is 32.4 Å². The van der Waals surface area contributed by atoms with Crippen LogP contribution in [-0.2, 0) is 0 Å². The van der Waals surface area contributed by atoms with Crippen molar-refractivity contribution in [3.63, 3.8) is 0 Å². The third-order valence-corrected chi connectivity index (χ3v) is 14.1. The number of fused-ring (bicyclic) bond motifs is 6. The summed E-state index contributed by atoms with van der Waals surface area (Å²) in [4.78, 5) is 4.99. The van der Waals surface area contributed by atoms with E-state index in [4.69, 9.17) is 4.98 Å². The molecule has 0 aliphatic rings. The molecule has 0 atom stereocenters. The van der Waals surface area contributed by atoms with Gasteiger partial charge >= 0.3 is 0 Å². The molecule has 0 amide bonds. The summed E-state index contributed by atoms with van der Waals surface area (Å²) in [5, 5.41) is 9.34. The molecule has 3 aromatic heterocycles. The molecule has 0 aliphatic heterocycles. The first-order valence-electron chi connectivity index (χ1n) is 13.6. The third-order valence-electron chi connectivity index (χ3n) is 8.44. The minimum Gasteiger partial charge on any atom is -0.293 e. The summed E-state index contributed by atoms with van der Waals surface area (Å²) < 4.78 is 4.89. The molecule has 0 fully saturated rings. The number of rotatable bonds is 4. The van der Waals surface area contributed by atoms with Crippen LogP contribution in [-0.4, -0.2) is 17.6 Å². The van der Waals surface area contributed by atoms with E-state index in [1.807, 2.05) is 17.5 Å². The molecule has 0 N–H and O–H groups in total. The van der Waals surface area contributed by atoms with E-state index < -0.39 is 8.07 Å². The van der Waals surface area contributed by atoms with Gasteiger partial charge in [-0.25, -0.2) is 4.98 Å². The summed E-state index contributed by atoms with van der Waals surface area (Å²) >= 11 is 1.83. The van der Waals surface area contributed by atoms with Gasteiger partial charge in [0.25, 0.3) is 0 Å². The van der Waals surface area contributed by atoms with Gasteiger partial charge in [-0.15, -0.1) is 11.3 Å². The molecule has 5 aromatic carbocycles. The Labute approximate surface area is 237 Å². The van der Waals surface area contributed by atoms with Crippen LogP contribution in [0.5, 0.6) is 0 Å². The number of nitrogens with zero attached hydrogens (tertiary/aromatic N) is 2. The highest BCUT2D eigenvalue weighted by molar-refractivity contribution is 7.26. The normalized spacial score (nSPS) is 12.1. The number of hydrogen-bond donors (Lipinski definition) is 0. The van der Waals surface area contributed by atoms with Crippen LogP contribution in [0.15, 0.2) is 140 Å². The molecule has 0 unspecified atom stereocenters. The van der Waals surface area contributed by atoms with Crippen molar-refractivity contribution in [2.24, 2.45) is 0 Å². The monoisotopic (exact) mass is 546 g/mol. The summed E-state index contributed by atoms with van der Waals surface area (Å²) in [7, 11) is -2.24. The zero-order valence-electron chi connectivity index (χ0n) is 22.1. The average molecular weight is 547 g/mol. The van der Waals surface area contributed by atoms with Crippen molar-refractivity contribution in [3.8, 4) is 5.82 Å². The Morgan fingerprint density at radius 3 is 1.93 bits per heavy atom. The molecular formula is C36H26N2SSi. The summed E-state index contributed by atoms with van der Waals surface area (Å²) in [5.41, 5.74) is 2.38. The summed E-state index contributed by atoms with van der Waals surface area (Å²) in [5.74, 6) is 1.00. The Morgan fingerprint density at radius 1 is 0.550 bits per heavy atom. The highest BCUT2D eigenvalue weighted by Gasteiger charge is 2.34. The predicted molar refractivity (Wildman–Crippen MR) is 175 cm³/mol. The molecule has 0 saturated carbocycles. The Morgan fingerprint density at radius 2 is 1.18 bits per heavy atom. The topological polar surface area (TPSA) is 17.8 Å². The second-order valence-electron chi connectivity index (χ2n) is 10.6. The lowest BCUT2D eigenvalue weighted by atomic mass is 10.1. The minimum atomic E-state index is -2.24. The van der Waals surface area contributed by atoms with Gasteiger partial charge in [0.2, 0.25) is 0 Å². The maximum absolute atomic E-state index is 4.99.